The van der Waals surface area contributed by atoms with Gasteiger partial charge in [-0.3, -0.25) is 9.89 Å². The molecule has 0 unspecified atom stereocenters. The number of hydrogen-bond donors (Lipinski definition) is 1. The Morgan fingerprint density at radius 1 is 1.04 bits per heavy atom. The van der Waals surface area contributed by atoms with Gasteiger partial charge in [-0.2, -0.15) is 9.40 Å². The minimum atomic E-state index is -3.60. The number of benzene rings is 1. The van der Waals surface area contributed by atoms with Gasteiger partial charge in [0, 0.05) is 31.7 Å². The van der Waals surface area contributed by atoms with Crippen LogP contribution in [0.3, 0.4) is 0 Å². The summed E-state index contributed by atoms with van der Waals surface area (Å²) in [4.78, 5) is 14.7. The molecule has 3 rings (SSSR count). The maximum atomic E-state index is 12.9. The van der Waals surface area contributed by atoms with Crippen molar-refractivity contribution in [3.63, 3.8) is 0 Å². The maximum absolute atomic E-state index is 12.9. The van der Waals surface area contributed by atoms with Gasteiger partial charge in [0.2, 0.25) is 10.0 Å². The van der Waals surface area contributed by atoms with Crippen molar-refractivity contribution < 1.29 is 13.2 Å². The van der Waals surface area contributed by atoms with Crippen LogP contribution in [0.15, 0.2) is 23.1 Å². The number of nitrogens with zero attached hydrogens (tertiary/aromatic N) is 3. The second kappa shape index (κ2) is 6.85. The maximum Gasteiger partial charge on any atom is 0.253 e. The summed E-state index contributed by atoms with van der Waals surface area (Å²) in [5, 5.41) is 6.70. The Morgan fingerprint density at radius 3 is 2.23 bits per heavy atom. The van der Waals surface area contributed by atoms with Crippen LogP contribution in [0.4, 0.5) is 0 Å². The van der Waals surface area contributed by atoms with E-state index in [1.54, 1.807) is 18.7 Å². The summed E-state index contributed by atoms with van der Waals surface area (Å²) < 4.78 is 27.2. The number of sulfonamides is 1. The monoisotopic (exact) mass is 376 g/mol. The summed E-state index contributed by atoms with van der Waals surface area (Å²) in [5.74, 6) is -0.0548. The molecule has 0 spiro atoms. The average Bonchev–Trinajstić information content (AvgIpc) is 2.96. The van der Waals surface area contributed by atoms with Crippen molar-refractivity contribution in [2.75, 3.05) is 26.2 Å². The summed E-state index contributed by atoms with van der Waals surface area (Å²) in [6.45, 7) is 8.68. The van der Waals surface area contributed by atoms with Gasteiger partial charge in [0.15, 0.2) is 0 Å². The first-order chi connectivity index (χ1) is 12.2. The zero-order chi connectivity index (χ0) is 19.1. The highest BCUT2D eigenvalue weighted by Gasteiger charge is 2.33. The molecule has 0 bridgehead atoms. The van der Waals surface area contributed by atoms with Crippen LogP contribution < -0.4 is 0 Å². The molecule has 2 aromatic rings. The summed E-state index contributed by atoms with van der Waals surface area (Å²) in [5.41, 5.74) is 3.87. The van der Waals surface area contributed by atoms with Gasteiger partial charge in [-0.05, 0) is 51.0 Å². The van der Waals surface area contributed by atoms with Crippen molar-refractivity contribution in [3.8, 4) is 0 Å². The molecule has 140 valence electrons. The Labute approximate surface area is 154 Å². The predicted octanol–water partition coefficient (Wildman–Crippen LogP) is 1.79. The molecule has 7 nitrogen and oxygen atoms in total. The number of nitrogens with one attached hydrogen (secondary N) is 1. The number of piperazine rings is 1. The molecule has 0 atom stereocenters. The first-order valence-corrected chi connectivity index (χ1v) is 10.0. The van der Waals surface area contributed by atoms with Crippen LogP contribution in [0.25, 0.3) is 0 Å². The zero-order valence-corrected chi connectivity index (χ0v) is 16.4. The van der Waals surface area contributed by atoms with E-state index in [1.807, 2.05) is 32.0 Å². The van der Waals surface area contributed by atoms with Crippen LogP contribution in [0.5, 0.6) is 0 Å². The summed E-state index contributed by atoms with van der Waals surface area (Å²) >= 11 is 0. The molecule has 1 aliphatic rings. The van der Waals surface area contributed by atoms with Gasteiger partial charge in [0.1, 0.15) is 4.90 Å². The third-order valence-corrected chi connectivity index (χ3v) is 7.10. The molecule has 0 saturated carbocycles. The van der Waals surface area contributed by atoms with Gasteiger partial charge in [0.25, 0.3) is 5.91 Å². The third kappa shape index (κ3) is 3.26. The van der Waals surface area contributed by atoms with Crippen molar-refractivity contribution >= 4 is 15.9 Å². The molecule has 1 fully saturated rings. The van der Waals surface area contributed by atoms with E-state index < -0.39 is 10.0 Å². The number of aromatic nitrogens is 2. The quantitative estimate of drug-likeness (QED) is 0.885. The lowest BCUT2D eigenvalue weighted by atomic mass is 10.1. The van der Waals surface area contributed by atoms with E-state index in [4.69, 9.17) is 0 Å². The molecule has 1 N–H and O–H groups in total. The number of hydrogen-bond acceptors (Lipinski definition) is 4. The van der Waals surface area contributed by atoms with E-state index in [2.05, 4.69) is 10.2 Å². The van der Waals surface area contributed by atoms with Gasteiger partial charge in [-0.25, -0.2) is 8.42 Å². The SMILES string of the molecule is Cc1ccc(C(=O)N2CCN(S(=O)(=O)c3c(C)n[nH]c3C)CC2)cc1C. The van der Waals surface area contributed by atoms with E-state index in [1.165, 1.54) is 4.31 Å². The number of rotatable bonds is 3. The Morgan fingerprint density at radius 2 is 1.69 bits per heavy atom. The Hall–Kier alpha value is -2.19. The molecule has 1 aromatic carbocycles. The number of amides is 1. The van der Waals surface area contributed by atoms with Gasteiger partial charge in [-0.1, -0.05) is 6.07 Å². The highest BCUT2D eigenvalue weighted by molar-refractivity contribution is 7.89. The molecular formula is C18H24N4O3S. The van der Waals surface area contributed by atoms with Crippen molar-refractivity contribution in [1.29, 1.82) is 0 Å². The van der Waals surface area contributed by atoms with Crippen molar-refractivity contribution in [2.45, 2.75) is 32.6 Å². The fourth-order valence-corrected chi connectivity index (χ4v) is 4.99. The minimum absolute atomic E-state index is 0.0548. The number of carbonyl (C=O) groups excluding carboxylic acids is 1. The second-order valence-electron chi connectivity index (χ2n) is 6.76. The predicted molar refractivity (Wildman–Crippen MR) is 98.6 cm³/mol. The second-order valence-corrected chi connectivity index (χ2v) is 8.63. The molecule has 1 amide bonds. The third-order valence-electron chi connectivity index (χ3n) is 4.94. The van der Waals surface area contributed by atoms with Gasteiger partial charge in [0.05, 0.1) is 11.4 Å². The van der Waals surface area contributed by atoms with Crippen LogP contribution in [-0.2, 0) is 10.0 Å². The smallest absolute Gasteiger partial charge is 0.253 e. The minimum Gasteiger partial charge on any atom is -0.336 e. The highest BCUT2D eigenvalue weighted by Crippen LogP contribution is 2.23. The molecular weight excluding hydrogens is 352 g/mol. The van der Waals surface area contributed by atoms with Crippen molar-refractivity contribution in [1.82, 2.24) is 19.4 Å². The fourth-order valence-electron chi connectivity index (χ4n) is 3.24. The summed E-state index contributed by atoms with van der Waals surface area (Å²) in [7, 11) is -3.60. The lowest BCUT2D eigenvalue weighted by Gasteiger charge is -2.34. The first kappa shape index (κ1) is 18.6. The van der Waals surface area contributed by atoms with Crippen molar-refractivity contribution in [2.24, 2.45) is 0 Å². The average molecular weight is 376 g/mol. The zero-order valence-electron chi connectivity index (χ0n) is 15.5. The van der Waals surface area contributed by atoms with E-state index in [0.717, 1.165) is 11.1 Å². The number of carbonyl (C=O) groups is 1. The lowest BCUT2D eigenvalue weighted by molar-refractivity contribution is 0.0697. The van der Waals surface area contributed by atoms with Crippen molar-refractivity contribution in [3.05, 3.63) is 46.3 Å². The van der Waals surface area contributed by atoms with E-state index >= 15 is 0 Å². The van der Waals surface area contributed by atoms with E-state index in [0.29, 0.717) is 30.0 Å². The molecule has 26 heavy (non-hydrogen) atoms. The number of H-pyrrole nitrogens is 1. The van der Waals surface area contributed by atoms with Crippen LogP contribution in [0.1, 0.15) is 32.9 Å². The molecule has 0 aliphatic carbocycles. The lowest BCUT2D eigenvalue weighted by Crippen LogP contribution is -2.50. The van der Waals surface area contributed by atoms with Crippen LogP contribution in [0.2, 0.25) is 0 Å². The van der Waals surface area contributed by atoms with E-state index in [-0.39, 0.29) is 23.9 Å². The van der Waals surface area contributed by atoms with Crippen LogP contribution in [0, 0.1) is 27.7 Å². The standard InChI is InChI=1S/C18H24N4O3S/c1-12-5-6-16(11-13(12)2)18(23)21-7-9-22(10-8-21)26(24,25)17-14(3)19-20-15(17)4/h5-6,11H,7-10H2,1-4H3,(H,19,20). The summed E-state index contributed by atoms with van der Waals surface area (Å²) in [6, 6.07) is 5.65. The molecule has 1 saturated heterocycles. The fraction of sp³-hybridized carbons (Fsp3) is 0.444. The number of aromatic amines is 1. The van der Waals surface area contributed by atoms with Gasteiger partial charge in [-0.15, -0.1) is 0 Å². The Bertz CT molecular complexity index is 922. The molecule has 2 heterocycles. The molecule has 0 radical (unpaired) electrons. The molecule has 1 aliphatic heterocycles. The molecule has 8 heteroatoms. The normalized spacial score (nSPS) is 16.1. The first-order valence-electron chi connectivity index (χ1n) is 8.60. The largest absolute Gasteiger partial charge is 0.336 e. The Kier molecular flexibility index (Phi) is 4.90. The molecule has 1 aromatic heterocycles. The highest BCUT2D eigenvalue weighted by atomic mass is 32.2. The number of aryl methyl sites for hydroxylation is 4. The summed E-state index contributed by atoms with van der Waals surface area (Å²) in [6.07, 6.45) is 0. The van der Waals surface area contributed by atoms with Crippen LogP contribution in [-0.4, -0.2) is 59.9 Å². The van der Waals surface area contributed by atoms with Crippen LogP contribution >= 0.6 is 0 Å². The Balaban J connectivity index is 1.73. The van der Waals surface area contributed by atoms with E-state index in [9.17, 15) is 13.2 Å². The van der Waals surface area contributed by atoms with Gasteiger partial charge >= 0.3 is 0 Å². The van der Waals surface area contributed by atoms with Gasteiger partial charge < -0.3 is 4.90 Å². The topological polar surface area (TPSA) is 86.4 Å².